The van der Waals surface area contributed by atoms with Crippen molar-refractivity contribution in [2.24, 2.45) is 5.73 Å². The number of ether oxygens (including phenoxy) is 1. The van der Waals surface area contributed by atoms with Gasteiger partial charge in [-0.25, -0.2) is 0 Å². The number of hydrogen-bond donors (Lipinski definition) is 1. The van der Waals surface area contributed by atoms with Gasteiger partial charge in [-0.05, 0) is 0 Å². The SMILES string of the molecule is CCC.COCCN. The third-order valence-electron chi connectivity index (χ3n) is 0.322. The van der Waals surface area contributed by atoms with Gasteiger partial charge in [-0.3, -0.25) is 0 Å². The molecular formula is C6H17NO. The van der Waals surface area contributed by atoms with Crippen molar-refractivity contribution in [1.29, 1.82) is 0 Å². The smallest absolute Gasteiger partial charge is 0.0584 e. The summed E-state index contributed by atoms with van der Waals surface area (Å²) < 4.78 is 4.57. The van der Waals surface area contributed by atoms with E-state index in [-0.39, 0.29) is 0 Å². The first kappa shape index (κ1) is 10.8. The van der Waals surface area contributed by atoms with Gasteiger partial charge in [0.1, 0.15) is 0 Å². The normalized spacial score (nSPS) is 7.50. The first-order valence-corrected chi connectivity index (χ1v) is 3.02. The molecule has 0 fully saturated rings. The van der Waals surface area contributed by atoms with Crippen LogP contribution in [-0.4, -0.2) is 20.3 Å². The molecule has 0 aliphatic carbocycles. The molecule has 0 amide bonds. The number of rotatable bonds is 2. The van der Waals surface area contributed by atoms with Crippen molar-refractivity contribution in [3.8, 4) is 0 Å². The van der Waals surface area contributed by atoms with Crippen LogP contribution in [0, 0.1) is 0 Å². The van der Waals surface area contributed by atoms with E-state index < -0.39 is 0 Å². The Morgan fingerprint density at radius 2 is 1.75 bits per heavy atom. The van der Waals surface area contributed by atoms with Crippen LogP contribution in [0.5, 0.6) is 0 Å². The summed E-state index contributed by atoms with van der Waals surface area (Å²) in [6.07, 6.45) is 1.25. The highest BCUT2D eigenvalue weighted by Crippen LogP contribution is 1.56. The molecule has 0 spiro atoms. The molecule has 0 atom stereocenters. The molecule has 2 heteroatoms. The van der Waals surface area contributed by atoms with E-state index in [1.165, 1.54) is 6.42 Å². The van der Waals surface area contributed by atoms with Gasteiger partial charge in [-0.1, -0.05) is 20.3 Å². The second kappa shape index (κ2) is 15.8. The Kier molecular flexibility index (Phi) is 21.3. The Hall–Kier alpha value is -0.0800. The quantitative estimate of drug-likeness (QED) is 0.588. The standard InChI is InChI=1S/C3H9NO.C3H8/c1-5-3-2-4;1-3-2/h2-4H2,1H3;3H2,1-2H3. The van der Waals surface area contributed by atoms with E-state index in [9.17, 15) is 0 Å². The first-order chi connectivity index (χ1) is 3.83. The molecule has 0 bridgehead atoms. The molecule has 52 valence electrons. The summed E-state index contributed by atoms with van der Waals surface area (Å²) >= 11 is 0. The van der Waals surface area contributed by atoms with Crippen LogP contribution in [0.4, 0.5) is 0 Å². The van der Waals surface area contributed by atoms with Crippen LogP contribution in [0.2, 0.25) is 0 Å². The van der Waals surface area contributed by atoms with E-state index in [1.54, 1.807) is 7.11 Å². The summed E-state index contributed by atoms with van der Waals surface area (Å²) in [5, 5.41) is 0. The van der Waals surface area contributed by atoms with Gasteiger partial charge >= 0.3 is 0 Å². The molecule has 8 heavy (non-hydrogen) atoms. The molecule has 0 aliphatic heterocycles. The summed E-state index contributed by atoms with van der Waals surface area (Å²) in [5.74, 6) is 0. The summed E-state index contributed by atoms with van der Waals surface area (Å²) in [4.78, 5) is 0. The van der Waals surface area contributed by atoms with Gasteiger partial charge in [0.2, 0.25) is 0 Å². The molecule has 2 N–H and O–H groups in total. The third kappa shape index (κ3) is 38.9. The Bertz CT molecular complexity index is 22.5. The van der Waals surface area contributed by atoms with E-state index in [0.29, 0.717) is 13.2 Å². The number of methoxy groups -OCH3 is 1. The molecule has 0 saturated heterocycles. The minimum atomic E-state index is 0.622. The summed E-state index contributed by atoms with van der Waals surface area (Å²) in [7, 11) is 1.63. The minimum Gasteiger partial charge on any atom is -0.383 e. The van der Waals surface area contributed by atoms with Crippen molar-refractivity contribution in [1.82, 2.24) is 0 Å². The molecule has 0 heterocycles. The van der Waals surface area contributed by atoms with Gasteiger partial charge in [0.25, 0.3) is 0 Å². The lowest BCUT2D eigenvalue weighted by Crippen LogP contribution is -2.05. The maximum atomic E-state index is 5.01. The van der Waals surface area contributed by atoms with E-state index in [2.05, 4.69) is 18.6 Å². The van der Waals surface area contributed by atoms with Gasteiger partial charge in [0.15, 0.2) is 0 Å². The maximum absolute atomic E-state index is 5.01. The van der Waals surface area contributed by atoms with E-state index in [4.69, 9.17) is 5.73 Å². The zero-order valence-electron chi connectivity index (χ0n) is 6.11. The largest absolute Gasteiger partial charge is 0.383 e. The predicted octanol–water partition coefficient (Wildman–Crippen LogP) is 1.01. The molecule has 0 saturated carbocycles. The van der Waals surface area contributed by atoms with Gasteiger partial charge < -0.3 is 10.5 Å². The summed E-state index contributed by atoms with van der Waals surface area (Å²) in [5.41, 5.74) is 5.01. The zero-order chi connectivity index (χ0) is 6.83. The highest BCUT2D eigenvalue weighted by atomic mass is 16.5. The van der Waals surface area contributed by atoms with Crippen molar-refractivity contribution in [2.75, 3.05) is 20.3 Å². The average molecular weight is 119 g/mol. The lowest BCUT2D eigenvalue weighted by Gasteiger charge is -1.85. The molecule has 0 unspecified atom stereocenters. The summed E-state index contributed by atoms with van der Waals surface area (Å²) in [6, 6.07) is 0. The van der Waals surface area contributed by atoms with Gasteiger partial charge in [0.05, 0.1) is 6.61 Å². The monoisotopic (exact) mass is 119 g/mol. The highest BCUT2D eigenvalue weighted by molar-refractivity contribution is 4.22. The zero-order valence-corrected chi connectivity index (χ0v) is 6.11. The Morgan fingerprint density at radius 1 is 1.38 bits per heavy atom. The van der Waals surface area contributed by atoms with Crippen LogP contribution < -0.4 is 5.73 Å². The molecule has 0 aliphatic rings. The van der Waals surface area contributed by atoms with E-state index in [0.717, 1.165) is 0 Å². The van der Waals surface area contributed by atoms with E-state index >= 15 is 0 Å². The fourth-order valence-electron chi connectivity index (χ4n) is 0.118. The van der Waals surface area contributed by atoms with Crippen molar-refractivity contribution in [3.05, 3.63) is 0 Å². The summed E-state index contributed by atoms with van der Waals surface area (Å²) in [6.45, 7) is 5.54. The Labute approximate surface area is 52.0 Å². The molecule has 0 rings (SSSR count). The van der Waals surface area contributed by atoms with Crippen LogP contribution in [0.25, 0.3) is 0 Å². The second-order valence-corrected chi connectivity index (χ2v) is 1.49. The average Bonchev–Trinajstić information content (AvgIpc) is 1.71. The molecule has 0 aromatic rings. The minimum absolute atomic E-state index is 0.622. The van der Waals surface area contributed by atoms with Crippen LogP contribution in [0.1, 0.15) is 20.3 Å². The predicted molar refractivity (Wildman–Crippen MR) is 36.9 cm³/mol. The van der Waals surface area contributed by atoms with Gasteiger partial charge in [-0.2, -0.15) is 0 Å². The lowest BCUT2D eigenvalue weighted by atomic mass is 10.6. The van der Waals surface area contributed by atoms with Crippen molar-refractivity contribution < 1.29 is 4.74 Å². The molecule has 0 aromatic heterocycles. The molecular weight excluding hydrogens is 102 g/mol. The van der Waals surface area contributed by atoms with Crippen LogP contribution >= 0.6 is 0 Å². The Balaban J connectivity index is 0. The second-order valence-electron chi connectivity index (χ2n) is 1.49. The maximum Gasteiger partial charge on any atom is 0.0584 e. The molecule has 0 aromatic carbocycles. The van der Waals surface area contributed by atoms with Crippen LogP contribution in [-0.2, 0) is 4.74 Å². The number of nitrogens with two attached hydrogens (primary N) is 1. The van der Waals surface area contributed by atoms with Gasteiger partial charge in [-0.15, -0.1) is 0 Å². The highest BCUT2D eigenvalue weighted by Gasteiger charge is 1.65. The third-order valence-corrected chi connectivity index (χ3v) is 0.322. The molecule has 0 radical (unpaired) electrons. The number of hydrogen-bond acceptors (Lipinski definition) is 2. The first-order valence-electron chi connectivity index (χ1n) is 3.02. The fourth-order valence-corrected chi connectivity index (χ4v) is 0.118. The topological polar surface area (TPSA) is 35.2 Å². The fraction of sp³-hybridized carbons (Fsp3) is 1.00. The van der Waals surface area contributed by atoms with Crippen molar-refractivity contribution >= 4 is 0 Å². The van der Waals surface area contributed by atoms with Crippen molar-refractivity contribution in [3.63, 3.8) is 0 Å². The van der Waals surface area contributed by atoms with Gasteiger partial charge in [0, 0.05) is 13.7 Å². The molecule has 2 nitrogen and oxygen atoms in total. The van der Waals surface area contributed by atoms with E-state index in [1.807, 2.05) is 0 Å². The van der Waals surface area contributed by atoms with Crippen LogP contribution in [0.3, 0.4) is 0 Å². The van der Waals surface area contributed by atoms with Crippen molar-refractivity contribution in [2.45, 2.75) is 20.3 Å². The van der Waals surface area contributed by atoms with Crippen LogP contribution in [0.15, 0.2) is 0 Å². The Morgan fingerprint density at radius 3 is 1.75 bits per heavy atom. The lowest BCUT2D eigenvalue weighted by molar-refractivity contribution is 0.207.